The number of hydrogen-bond donors (Lipinski definition) is 2. The number of nitrogens with zero attached hydrogens (tertiary/aromatic N) is 1. The number of sulfonamides is 1. The van der Waals surface area contributed by atoms with Gasteiger partial charge in [0.25, 0.3) is 0 Å². The molecular formula is C14H20ClN3O3S. The van der Waals surface area contributed by atoms with E-state index in [1.807, 2.05) is 0 Å². The van der Waals surface area contributed by atoms with Crippen molar-refractivity contribution in [2.75, 3.05) is 19.3 Å². The van der Waals surface area contributed by atoms with Crippen molar-refractivity contribution < 1.29 is 13.2 Å². The van der Waals surface area contributed by atoms with E-state index in [2.05, 4.69) is 10.6 Å². The second kappa shape index (κ2) is 7.30. The normalized spacial score (nSPS) is 14.9. The van der Waals surface area contributed by atoms with Gasteiger partial charge in [-0.2, -0.15) is 4.31 Å². The molecule has 1 fully saturated rings. The van der Waals surface area contributed by atoms with Gasteiger partial charge in [-0.15, -0.1) is 0 Å². The van der Waals surface area contributed by atoms with Crippen LogP contribution in [0.5, 0.6) is 0 Å². The van der Waals surface area contributed by atoms with Gasteiger partial charge in [-0.05, 0) is 30.5 Å². The van der Waals surface area contributed by atoms with E-state index in [0.29, 0.717) is 5.02 Å². The predicted molar refractivity (Wildman–Crippen MR) is 86.3 cm³/mol. The van der Waals surface area contributed by atoms with Gasteiger partial charge in [-0.1, -0.05) is 23.7 Å². The van der Waals surface area contributed by atoms with E-state index in [9.17, 15) is 13.2 Å². The number of hydrogen-bond acceptors (Lipinski definition) is 3. The van der Waals surface area contributed by atoms with Gasteiger partial charge in [0, 0.05) is 30.7 Å². The molecule has 0 spiro atoms. The highest BCUT2D eigenvalue weighted by molar-refractivity contribution is 7.88. The fourth-order valence-electron chi connectivity index (χ4n) is 1.91. The summed E-state index contributed by atoms with van der Waals surface area (Å²) in [6, 6.07) is 7.04. The quantitative estimate of drug-likeness (QED) is 0.787. The molecule has 2 rings (SSSR count). The molecule has 8 heteroatoms. The van der Waals surface area contributed by atoms with Gasteiger partial charge < -0.3 is 10.6 Å². The monoisotopic (exact) mass is 345 g/mol. The molecule has 2 amide bonds. The number of benzene rings is 1. The van der Waals surface area contributed by atoms with Crippen molar-refractivity contribution in [2.24, 2.45) is 0 Å². The zero-order valence-corrected chi connectivity index (χ0v) is 14.0. The van der Waals surface area contributed by atoms with Crippen molar-refractivity contribution in [1.29, 1.82) is 0 Å². The Morgan fingerprint density at radius 2 is 1.95 bits per heavy atom. The van der Waals surface area contributed by atoms with Crippen molar-refractivity contribution in [2.45, 2.75) is 25.4 Å². The number of carbonyl (C=O) groups is 1. The molecule has 0 aromatic heterocycles. The molecule has 0 unspecified atom stereocenters. The Kier molecular flexibility index (Phi) is 5.66. The summed E-state index contributed by atoms with van der Waals surface area (Å²) in [4.78, 5) is 11.5. The summed E-state index contributed by atoms with van der Waals surface area (Å²) in [6.07, 6.45) is 3.19. The van der Waals surface area contributed by atoms with Crippen LogP contribution in [-0.2, 0) is 16.6 Å². The van der Waals surface area contributed by atoms with E-state index < -0.39 is 10.0 Å². The summed E-state index contributed by atoms with van der Waals surface area (Å²) in [6.45, 7) is 0.737. The number of rotatable bonds is 7. The summed E-state index contributed by atoms with van der Waals surface area (Å²) in [7, 11) is -3.35. The molecule has 1 aliphatic rings. The van der Waals surface area contributed by atoms with E-state index in [4.69, 9.17) is 11.6 Å². The summed E-state index contributed by atoms with van der Waals surface area (Å²) >= 11 is 5.82. The Balaban J connectivity index is 1.86. The van der Waals surface area contributed by atoms with Crippen LogP contribution < -0.4 is 10.6 Å². The molecule has 0 atom stereocenters. The lowest BCUT2D eigenvalue weighted by Gasteiger charge is -2.20. The summed E-state index contributed by atoms with van der Waals surface area (Å²) < 4.78 is 25.0. The van der Waals surface area contributed by atoms with Gasteiger partial charge in [-0.25, -0.2) is 13.2 Å². The highest BCUT2D eigenvalue weighted by Crippen LogP contribution is 2.18. The minimum absolute atomic E-state index is 0.222. The molecule has 0 radical (unpaired) electrons. The zero-order valence-electron chi connectivity index (χ0n) is 12.4. The van der Waals surface area contributed by atoms with Crippen LogP contribution in [0.25, 0.3) is 0 Å². The van der Waals surface area contributed by atoms with E-state index in [1.54, 1.807) is 24.3 Å². The predicted octanol–water partition coefficient (Wildman–Crippen LogP) is 1.56. The van der Waals surface area contributed by atoms with Gasteiger partial charge in [0.1, 0.15) is 0 Å². The SMILES string of the molecule is CS(=O)(=O)N(CCNC(=O)NC1CC1)Cc1ccc(Cl)cc1. The minimum atomic E-state index is -3.35. The van der Waals surface area contributed by atoms with E-state index in [-0.39, 0.29) is 31.7 Å². The smallest absolute Gasteiger partial charge is 0.315 e. The van der Waals surface area contributed by atoms with Gasteiger partial charge in [0.05, 0.1) is 6.26 Å². The Morgan fingerprint density at radius 3 is 2.50 bits per heavy atom. The summed E-state index contributed by atoms with van der Waals surface area (Å²) in [5.41, 5.74) is 0.845. The molecule has 6 nitrogen and oxygen atoms in total. The standard InChI is InChI=1S/C14H20ClN3O3S/c1-22(20,21)18(10-11-2-4-12(15)5-3-11)9-8-16-14(19)17-13-6-7-13/h2-5,13H,6-10H2,1H3,(H2,16,17,19). The first-order valence-electron chi connectivity index (χ1n) is 7.08. The second-order valence-electron chi connectivity index (χ2n) is 5.40. The van der Waals surface area contributed by atoms with Gasteiger partial charge in [0.2, 0.25) is 10.0 Å². The molecular weight excluding hydrogens is 326 g/mol. The molecule has 1 aromatic carbocycles. The number of halogens is 1. The molecule has 0 saturated heterocycles. The fraction of sp³-hybridized carbons (Fsp3) is 0.500. The third kappa shape index (κ3) is 5.82. The fourth-order valence-corrected chi connectivity index (χ4v) is 2.85. The van der Waals surface area contributed by atoms with Crippen molar-refractivity contribution >= 4 is 27.7 Å². The van der Waals surface area contributed by atoms with Crippen LogP contribution in [0.4, 0.5) is 4.79 Å². The lowest BCUT2D eigenvalue weighted by atomic mass is 10.2. The van der Waals surface area contributed by atoms with Crippen LogP contribution in [-0.4, -0.2) is 44.1 Å². The largest absolute Gasteiger partial charge is 0.337 e. The maximum absolute atomic E-state index is 11.8. The average molecular weight is 346 g/mol. The second-order valence-corrected chi connectivity index (χ2v) is 7.82. The van der Waals surface area contributed by atoms with E-state index in [1.165, 1.54) is 4.31 Å². The summed E-state index contributed by atoms with van der Waals surface area (Å²) in [5.74, 6) is 0. The lowest BCUT2D eigenvalue weighted by Crippen LogP contribution is -2.42. The summed E-state index contributed by atoms with van der Waals surface area (Å²) in [5, 5.41) is 6.07. The van der Waals surface area contributed by atoms with Crippen molar-refractivity contribution in [1.82, 2.24) is 14.9 Å². The van der Waals surface area contributed by atoms with E-state index in [0.717, 1.165) is 24.7 Å². The van der Waals surface area contributed by atoms with Crippen LogP contribution in [0.3, 0.4) is 0 Å². The van der Waals surface area contributed by atoms with Crippen LogP contribution >= 0.6 is 11.6 Å². The number of amides is 2. The first-order chi connectivity index (χ1) is 10.3. The van der Waals surface area contributed by atoms with Crippen molar-refractivity contribution in [3.05, 3.63) is 34.9 Å². The van der Waals surface area contributed by atoms with Gasteiger partial charge in [0.15, 0.2) is 0 Å². The topological polar surface area (TPSA) is 78.5 Å². The van der Waals surface area contributed by atoms with Crippen molar-refractivity contribution in [3.63, 3.8) is 0 Å². The molecule has 0 aliphatic heterocycles. The van der Waals surface area contributed by atoms with Gasteiger partial charge >= 0.3 is 6.03 Å². The maximum atomic E-state index is 11.8. The first-order valence-corrected chi connectivity index (χ1v) is 9.31. The number of nitrogens with one attached hydrogen (secondary N) is 2. The lowest BCUT2D eigenvalue weighted by molar-refractivity contribution is 0.239. The third-order valence-electron chi connectivity index (χ3n) is 3.30. The molecule has 1 aromatic rings. The molecule has 1 saturated carbocycles. The number of urea groups is 1. The Morgan fingerprint density at radius 1 is 1.32 bits per heavy atom. The third-order valence-corrected chi connectivity index (χ3v) is 4.80. The molecule has 2 N–H and O–H groups in total. The molecule has 0 heterocycles. The van der Waals surface area contributed by atoms with Crippen molar-refractivity contribution in [3.8, 4) is 0 Å². The van der Waals surface area contributed by atoms with E-state index >= 15 is 0 Å². The van der Waals surface area contributed by atoms with Crippen LogP contribution in [0.2, 0.25) is 5.02 Å². The number of carbonyl (C=O) groups excluding carboxylic acids is 1. The van der Waals surface area contributed by atoms with Gasteiger partial charge in [-0.3, -0.25) is 0 Å². The zero-order chi connectivity index (χ0) is 16.2. The Labute approximate surface area is 135 Å². The molecule has 1 aliphatic carbocycles. The maximum Gasteiger partial charge on any atom is 0.315 e. The molecule has 0 bridgehead atoms. The molecule has 122 valence electrons. The molecule has 22 heavy (non-hydrogen) atoms. The average Bonchev–Trinajstić information content (AvgIpc) is 3.22. The first kappa shape index (κ1) is 17.1. The highest BCUT2D eigenvalue weighted by Gasteiger charge is 2.23. The minimum Gasteiger partial charge on any atom is -0.337 e. The van der Waals surface area contributed by atoms with Crippen LogP contribution in [0.1, 0.15) is 18.4 Å². The van der Waals surface area contributed by atoms with Crippen LogP contribution in [0.15, 0.2) is 24.3 Å². The van der Waals surface area contributed by atoms with Crippen LogP contribution in [0, 0.1) is 0 Å². The Hall–Kier alpha value is -1.31. The Bertz CT molecular complexity index is 615. The highest BCUT2D eigenvalue weighted by atomic mass is 35.5.